The van der Waals surface area contributed by atoms with Crippen molar-refractivity contribution >= 4 is 23.2 Å². The normalized spacial score (nSPS) is 17.3. The molecule has 56 valence electrons. The Morgan fingerprint density at radius 3 is 2.22 bits per heavy atom. The molecule has 1 nitrogen and oxygen atoms in total. The third-order valence-electron chi connectivity index (χ3n) is 1.19. The Kier molecular flexibility index (Phi) is 5.65. The van der Waals surface area contributed by atoms with Gasteiger partial charge in [-0.3, -0.25) is 0 Å². The molecule has 0 heterocycles. The van der Waals surface area contributed by atoms with Crippen molar-refractivity contribution < 1.29 is 5.11 Å². The van der Waals surface area contributed by atoms with E-state index in [1.165, 1.54) is 0 Å². The summed E-state index contributed by atoms with van der Waals surface area (Å²) in [5.41, 5.74) is 0. The predicted molar refractivity (Wildman–Crippen MR) is 41.3 cm³/mol. The summed E-state index contributed by atoms with van der Waals surface area (Å²) in [4.78, 5) is 0. The van der Waals surface area contributed by atoms with Crippen molar-refractivity contribution in [2.75, 3.05) is 6.61 Å². The SMILES string of the molecule is CCC(Cl)C(Cl)CCO. The molecule has 0 aromatic rings. The summed E-state index contributed by atoms with van der Waals surface area (Å²) in [5, 5.41) is 8.36. The first-order valence-corrected chi connectivity index (χ1v) is 3.98. The number of hydrogen-bond donors (Lipinski definition) is 1. The molecule has 0 aliphatic rings. The highest BCUT2D eigenvalue weighted by Crippen LogP contribution is 2.15. The molecule has 0 amide bonds. The minimum Gasteiger partial charge on any atom is -0.396 e. The van der Waals surface area contributed by atoms with Gasteiger partial charge in [-0.15, -0.1) is 23.2 Å². The lowest BCUT2D eigenvalue weighted by molar-refractivity contribution is 0.285. The van der Waals surface area contributed by atoms with E-state index in [2.05, 4.69) is 0 Å². The van der Waals surface area contributed by atoms with Crippen LogP contribution in [0.2, 0.25) is 0 Å². The van der Waals surface area contributed by atoms with Gasteiger partial charge in [0.15, 0.2) is 0 Å². The zero-order valence-corrected chi connectivity index (χ0v) is 6.99. The third kappa shape index (κ3) is 4.01. The summed E-state index contributed by atoms with van der Waals surface area (Å²) in [7, 11) is 0. The fourth-order valence-electron chi connectivity index (χ4n) is 0.560. The molecule has 0 aromatic heterocycles. The smallest absolute Gasteiger partial charge is 0.0521 e. The number of rotatable bonds is 4. The van der Waals surface area contributed by atoms with Crippen molar-refractivity contribution in [1.29, 1.82) is 0 Å². The molecule has 0 radical (unpaired) electrons. The first-order valence-electron chi connectivity index (χ1n) is 3.11. The van der Waals surface area contributed by atoms with Crippen LogP contribution >= 0.6 is 23.2 Å². The molecule has 0 aliphatic heterocycles. The Hall–Kier alpha value is 0.540. The van der Waals surface area contributed by atoms with E-state index in [9.17, 15) is 0 Å². The number of aliphatic hydroxyl groups is 1. The second-order valence-electron chi connectivity index (χ2n) is 1.95. The van der Waals surface area contributed by atoms with Gasteiger partial charge in [0.1, 0.15) is 0 Å². The average Bonchev–Trinajstić information content (AvgIpc) is 1.87. The molecule has 0 spiro atoms. The maximum Gasteiger partial charge on any atom is 0.0521 e. The molecule has 0 aromatic carbocycles. The van der Waals surface area contributed by atoms with Crippen molar-refractivity contribution in [3.05, 3.63) is 0 Å². The van der Waals surface area contributed by atoms with Crippen LogP contribution in [0, 0.1) is 0 Å². The lowest BCUT2D eigenvalue weighted by atomic mass is 10.2. The van der Waals surface area contributed by atoms with Gasteiger partial charge in [0.05, 0.1) is 5.38 Å². The Bertz CT molecular complexity index is 68.1. The molecule has 0 rings (SSSR count). The molecule has 3 heteroatoms. The number of halogens is 2. The van der Waals surface area contributed by atoms with Crippen LogP contribution in [0.15, 0.2) is 0 Å². The van der Waals surface area contributed by atoms with Gasteiger partial charge in [0, 0.05) is 12.0 Å². The molecule has 2 unspecified atom stereocenters. The second-order valence-corrected chi connectivity index (χ2v) is 3.07. The van der Waals surface area contributed by atoms with Gasteiger partial charge in [-0.25, -0.2) is 0 Å². The van der Waals surface area contributed by atoms with Gasteiger partial charge in [0.2, 0.25) is 0 Å². The topological polar surface area (TPSA) is 20.2 Å². The number of hydrogen-bond acceptors (Lipinski definition) is 1. The number of aliphatic hydroxyl groups excluding tert-OH is 1. The van der Waals surface area contributed by atoms with E-state index < -0.39 is 0 Å². The second kappa shape index (κ2) is 5.33. The molecule has 0 saturated heterocycles. The van der Waals surface area contributed by atoms with Crippen LogP contribution < -0.4 is 0 Å². The fourth-order valence-corrected chi connectivity index (χ4v) is 0.962. The standard InChI is InChI=1S/C6H12Cl2O/c1-2-5(7)6(8)3-4-9/h5-6,9H,2-4H2,1H3. The third-order valence-corrected chi connectivity index (χ3v) is 2.45. The van der Waals surface area contributed by atoms with E-state index in [0.29, 0.717) is 6.42 Å². The zero-order valence-electron chi connectivity index (χ0n) is 5.48. The van der Waals surface area contributed by atoms with E-state index in [0.717, 1.165) is 6.42 Å². The number of alkyl halides is 2. The van der Waals surface area contributed by atoms with Gasteiger partial charge < -0.3 is 5.11 Å². The molecule has 1 N–H and O–H groups in total. The van der Waals surface area contributed by atoms with E-state index >= 15 is 0 Å². The molecular weight excluding hydrogens is 159 g/mol. The minimum absolute atomic E-state index is 0.00110. The summed E-state index contributed by atoms with van der Waals surface area (Å²) in [6.45, 7) is 2.10. The predicted octanol–water partition coefficient (Wildman–Crippen LogP) is 1.99. The first-order chi connectivity index (χ1) is 4.22. The van der Waals surface area contributed by atoms with Gasteiger partial charge in [-0.2, -0.15) is 0 Å². The Balaban J connectivity index is 3.32. The van der Waals surface area contributed by atoms with Crippen molar-refractivity contribution in [1.82, 2.24) is 0 Å². The highest BCUT2D eigenvalue weighted by molar-refractivity contribution is 6.29. The highest BCUT2D eigenvalue weighted by atomic mass is 35.5. The van der Waals surface area contributed by atoms with Crippen LogP contribution in [0.1, 0.15) is 19.8 Å². The molecule has 0 saturated carbocycles. The molecule has 0 bridgehead atoms. The zero-order chi connectivity index (χ0) is 7.28. The van der Waals surface area contributed by atoms with E-state index in [1.54, 1.807) is 0 Å². The fraction of sp³-hybridized carbons (Fsp3) is 1.00. The van der Waals surface area contributed by atoms with Crippen LogP contribution in [0.25, 0.3) is 0 Å². The first kappa shape index (κ1) is 9.54. The van der Waals surface area contributed by atoms with Crippen molar-refractivity contribution in [3.63, 3.8) is 0 Å². The Morgan fingerprint density at radius 2 is 1.89 bits per heavy atom. The maximum absolute atomic E-state index is 8.44. The van der Waals surface area contributed by atoms with Crippen LogP contribution in [-0.2, 0) is 0 Å². The van der Waals surface area contributed by atoms with Crippen LogP contribution in [0.5, 0.6) is 0 Å². The quantitative estimate of drug-likeness (QED) is 0.641. The van der Waals surface area contributed by atoms with Gasteiger partial charge in [-0.1, -0.05) is 6.92 Å². The molecule has 0 fully saturated rings. The van der Waals surface area contributed by atoms with Gasteiger partial charge in [-0.05, 0) is 12.8 Å². The lowest BCUT2D eigenvalue weighted by Gasteiger charge is -2.11. The Morgan fingerprint density at radius 1 is 1.33 bits per heavy atom. The molecule has 9 heavy (non-hydrogen) atoms. The highest BCUT2D eigenvalue weighted by Gasteiger charge is 2.12. The monoisotopic (exact) mass is 170 g/mol. The summed E-state index contributed by atoms with van der Waals surface area (Å²) in [6, 6.07) is 0. The molecule has 0 aliphatic carbocycles. The van der Waals surface area contributed by atoms with Gasteiger partial charge in [0.25, 0.3) is 0 Å². The van der Waals surface area contributed by atoms with Crippen LogP contribution in [-0.4, -0.2) is 22.5 Å². The van der Waals surface area contributed by atoms with Crippen LogP contribution in [0.4, 0.5) is 0 Å². The van der Waals surface area contributed by atoms with E-state index in [-0.39, 0.29) is 17.4 Å². The molecular formula is C6H12Cl2O. The summed E-state index contributed by atoms with van der Waals surface area (Å²) < 4.78 is 0. The Labute approximate surface area is 66.0 Å². The van der Waals surface area contributed by atoms with Gasteiger partial charge >= 0.3 is 0 Å². The maximum atomic E-state index is 8.44. The van der Waals surface area contributed by atoms with Crippen molar-refractivity contribution in [2.45, 2.75) is 30.5 Å². The van der Waals surface area contributed by atoms with E-state index in [4.69, 9.17) is 28.3 Å². The van der Waals surface area contributed by atoms with E-state index in [1.807, 2.05) is 6.92 Å². The largest absolute Gasteiger partial charge is 0.396 e. The van der Waals surface area contributed by atoms with Crippen LogP contribution in [0.3, 0.4) is 0 Å². The average molecular weight is 171 g/mol. The summed E-state index contributed by atoms with van der Waals surface area (Å²) in [6.07, 6.45) is 1.44. The van der Waals surface area contributed by atoms with Crippen molar-refractivity contribution in [3.8, 4) is 0 Å². The lowest BCUT2D eigenvalue weighted by Crippen LogP contribution is -2.14. The minimum atomic E-state index is -0.0818. The van der Waals surface area contributed by atoms with Crippen molar-refractivity contribution in [2.24, 2.45) is 0 Å². The molecule has 2 atom stereocenters. The summed E-state index contributed by atoms with van der Waals surface area (Å²) in [5.74, 6) is 0. The summed E-state index contributed by atoms with van der Waals surface area (Å²) >= 11 is 11.5.